The topological polar surface area (TPSA) is 61.6 Å². The van der Waals surface area contributed by atoms with Crippen LogP contribution in [0.2, 0.25) is 0 Å². The Balaban J connectivity index is 1.54. The fraction of sp³-hybridized carbons (Fsp3) is 0.800. The first-order valence-corrected chi connectivity index (χ1v) is 10.3. The van der Waals surface area contributed by atoms with Crippen molar-refractivity contribution < 1.29 is 9.32 Å². The minimum Gasteiger partial charge on any atom is -0.361 e. The molecule has 0 spiro atoms. The number of carbonyl (C=O) groups excluding carboxylic acids is 1. The van der Waals surface area contributed by atoms with Crippen LogP contribution in [0, 0.1) is 11.8 Å². The average Bonchev–Trinajstić information content (AvgIpc) is 3.09. The molecule has 1 aromatic rings. The SMILES string of the molecule is CCCCc1cc(C[C@H]2CNCC[C@H]2CC(=O)N2CCN(C)CC2)no1. The molecule has 0 aromatic carbocycles. The number of piperazine rings is 1. The predicted octanol–water partition coefficient (Wildman–Crippen LogP) is 1.95. The maximum absolute atomic E-state index is 12.7. The number of rotatable bonds is 7. The second-order valence-electron chi connectivity index (χ2n) is 7.99. The summed E-state index contributed by atoms with van der Waals surface area (Å²) >= 11 is 0. The number of aromatic nitrogens is 1. The van der Waals surface area contributed by atoms with Gasteiger partial charge in [0.1, 0.15) is 5.76 Å². The average molecular weight is 363 g/mol. The molecular weight excluding hydrogens is 328 g/mol. The van der Waals surface area contributed by atoms with Crippen LogP contribution in [0.1, 0.15) is 44.1 Å². The van der Waals surface area contributed by atoms with E-state index in [2.05, 4.69) is 40.3 Å². The highest BCUT2D eigenvalue weighted by Gasteiger charge is 2.30. The molecule has 0 saturated carbocycles. The van der Waals surface area contributed by atoms with Gasteiger partial charge in [0.25, 0.3) is 0 Å². The second-order valence-corrected chi connectivity index (χ2v) is 7.99. The monoisotopic (exact) mass is 362 g/mol. The summed E-state index contributed by atoms with van der Waals surface area (Å²) < 4.78 is 5.48. The molecule has 26 heavy (non-hydrogen) atoms. The molecule has 0 unspecified atom stereocenters. The van der Waals surface area contributed by atoms with Crippen LogP contribution in [0.3, 0.4) is 0 Å². The minimum atomic E-state index is 0.332. The van der Waals surface area contributed by atoms with Crippen LogP contribution in [0.5, 0.6) is 0 Å². The lowest BCUT2D eigenvalue weighted by atomic mass is 9.81. The Morgan fingerprint density at radius 1 is 1.31 bits per heavy atom. The van der Waals surface area contributed by atoms with E-state index in [4.69, 9.17) is 4.52 Å². The van der Waals surface area contributed by atoms with Gasteiger partial charge in [-0.15, -0.1) is 0 Å². The minimum absolute atomic E-state index is 0.332. The van der Waals surface area contributed by atoms with Crippen molar-refractivity contribution in [3.8, 4) is 0 Å². The van der Waals surface area contributed by atoms with Gasteiger partial charge in [-0.05, 0) is 51.2 Å². The number of likely N-dealkylation sites (N-methyl/N-ethyl adjacent to an activating group) is 1. The molecule has 2 atom stereocenters. The van der Waals surface area contributed by atoms with Gasteiger partial charge in [-0.1, -0.05) is 18.5 Å². The van der Waals surface area contributed by atoms with Crippen LogP contribution in [0.4, 0.5) is 0 Å². The normalized spacial score (nSPS) is 24.8. The summed E-state index contributed by atoms with van der Waals surface area (Å²) in [4.78, 5) is 17.1. The first kappa shape index (κ1) is 19.4. The zero-order chi connectivity index (χ0) is 18.4. The molecule has 0 radical (unpaired) electrons. The highest BCUT2D eigenvalue weighted by molar-refractivity contribution is 5.76. The third-order valence-electron chi connectivity index (χ3n) is 5.91. The molecule has 2 aliphatic heterocycles. The van der Waals surface area contributed by atoms with E-state index in [0.29, 0.717) is 24.2 Å². The molecule has 2 aliphatic rings. The molecule has 146 valence electrons. The van der Waals surface area contributed by atoms with Crippen molar-refractivity contribution in [2.45, 2.75) is 45.4 Å². The van der Waals surface area contributed by atoms with E-state index in [1.807, 2.05) is 0 Å². The molecule has 3 rings (SSSR count). The van der Waals surface area contributed by atoms with Crippen molar-refractivity contribution in [3.63, 3.8) is 0 Å². The van der Waals surface area contributed by atoms with Gasteiger partial charge in [-0.2, -0.15) is 0 Å². The zero-order valence-electron chi connectivity index (χ0n) is 16.4. The molecule has 2 fully saturated rings. The maximum Gasteiger partial charge on any atom is 0.222 e. The molecular formula is C20H34N4O2. The third-order valence-corrected chi connectivity index (χ3v) is 5.91. The Hall–Kier alpha value is -1.40. The van der Waals surface area contributed by atoms with Gasteiger partial charge >= 0.3 is 0 Å². The molecule has 0 aliphatic carbocycles. The van der Waals surface area contributed by atoms with Gasteiger partial charge in [0.05, 0.1) is 5.69 Å². The first-order valence-electron chi connectivity index (χ1n) is 10.3. The van der Waals surface area contributed by atoms with E-state index in [-0.39, 0.29) is 0 Å². The number of unbranched alkanes of at least 4 members (excludes halogenated alkanes) is 1. The third kappa shape index (κ3) is 5.30. The molecule has 1 amide bonds. The van der Waals surface area contributed by atoms with Crippen LogP contribution in [-0.2, 0) is 17.6 Å². The summed E-state index contributed by atoms with van der Waals surface area (Å²) in [5.41, 5.74) is 1.04. The smallest absolute Gasteiger partial charge is 0.222 e. The van der Waals surface area contributed by atoms with Crippen LogP contribution in [0.25, 0.3) is 0 Å². The fourth-order valence-electron chi connectivity index (χ4n) is 4.08. The number of amides is 1. The Kier molecular flexibility index (Phi) is 7.08. The number of piperidine rings is 1. The quantitative estimate of drug-likeness (QED) is 0.803. The Morgan fingerprint density at radius 2 is 2.12 bits per heavy atom. The van der Waals surface area contributed by atoms with E-state index in [1.165, 1.54) is 6.42 Å². The summed E-state index contributed by atoms with van der Waals surface area (Å²) in [6.45, 7) is 7.88. The number of aryl methyl sites for hydroxylation is 1. The van der Waals surface area contributed by atoms with Gasteiger partial charge in [0.2, 0.25) is 5.91 Å². The summed E-state index contributed by atoms with van der Waals surface area (Å²) in [6.07, 6.45) is 5.93. The summed E-state index contributed by atoms with van der Waals surface area (Å²) in [5.74, 6) is 2.23. The standard InChI is InChI=1S/C20H34N4O2/c1-3-4-5-19-14-18(22-26-19)12-17-15-21-7-6-16(17)13-20(25)24-10-8-23(2)9-11-24/h14,16-17,21H,3-13,15H2,1-2H3/t16-,17-/m0/s1. The van der Waals surface area contributed by atoms with Crippen LogP contribution in [-0.4, -0.2) is 67.2 Å². The molecule has 6 nitrogen and oxygen atoms in total. The van der Waals surface area contributed by atoms with Crippen molar-refractivity contribution in [1.29, 1.82) is 0 Å². The van der Waals surface area contributed by atoms with Crippen molar-refractivity contribution >= 4 is 5.91 Å². The number of carbonyl (C=O) groups is 1. The highest BCUT2D eigenvalue weighted by atomic mass is 16.5. The van der Waals surface area contributed by atoms with Gasteiger partial charge in [-0.3, -0.25) is 4.79 Å². The van der Waals surface area contributed by atoms with Crippen molar-refractivity contribution in [2.75, 3.05) is 46.3 Å². The van der Waals surface area contributed by atoms with Gasteiger partial charge in [-0.25, -0.2) is 0 Å². The molecule has 1 aromatic heterocycles. The van der Waals surface area contributed by atoms with Crippen LogP contribution < -0.4 is 5.32 Å². The molecule has 6 heteroatoms. The number of hydrogen-bond acceptors (Lipinski definition) is 5. The lowest BCUT2D eigenvalue weighted by Crippen LogP contribution is -2.48. The van der Waals surface area contributed by atoms with Crippen molar-refractivity contribution in [1.82, 2.24) is 20.3 Å². The van der Waals surface area contributed by atoms with E-state index < -0.39 is 0 Å². The molecule has 1 N–H and O–H groups in total. The van der Waals surface area contributed by atoms with Gasteiger partial charge in [0, 0.05) is 45.1 Å². The van der Waals surface area contributed by atoms with Crippen LogP contribution in [0.15, 0.2) is 10.6 Å². The lowest BCUT2D eigenvalue weighted by molar-refractivity contribution is -0.134. The largest absolute Gasteiger partial charge is 0.361 e. The first-order chi connectivity index (χ1) is 12.7. The van der Waals surface area contributed by atoms with Crippen molar-refractivity contribution in [3.05, 3.63) is 17.5 Å². The van der Waals surface area contributed by atoms with E-state index in [0.717, 1.165) is 76.4 Å². The number of nitrogens with zero attached hydrogens (tertiary/aromatic N) is 3. The molecule has 2 saturated heterocycles. The predicted molar refractivity (Wildman–Crippen MR) is 102 cm³/mol. The van der Waals surface area contributed by atoms with Gasteiger partial charge < -0.3 is 19.6 Å². The Morgan fingerprint density at radius 3 is 2.88 bits per heavy atom. The van der Waals surface area contributed by atoms with E-state index >= 15 is 0 Å². The summed E-state index contributed by atoms with van der Waals surface area (Å²) in [5, 5.41) is 7.77. The summed E-state index contributed by atoms with van der Waals surface area (Å²) in [6, 6.07) is 2.11. The van der Waals surface area contributed by atoms with Gasteiger partial charge in [0.15, 0.2) is 0 Å². The van der Waals surface area contributed by atoms with E-state index in [9.17, 15) is 4.79 Å². The second kappa shape index (κ2) is 9.51. The lowest BCUT2D eigenvalue weighted by Gasteiger charge is -2.36. The highest BCUT2D eigenvalue weighted by Crippen LogP contribution is 2.27. The molecule has 3 heterocycles. The Bertz CT molecular complexity index is 566. The van der Waals surface area contributed by atoms with Crippen LogP contribution >= 0.6 is 0 Å². The number of nitrogens with one attached hydrogen (secondary N) is 1. The Labute approximate surface area is 157 Å². The zero-order valence-corrected chi connectivity index (χ0v) is 16.4. The fourth-order valence-corrected chi connectivity index (χ4v) is 4.08. The maximum atomic E-state index is 12.7. The van der Waals surface area contributed by atoms with E-state index in [1.54, 1.807) is 0 Å². The van der Waals surface area contributed by atoms with Crippen molar-refractivity contribution in [2.24, 2.45) is 11.8 Å². The molecule has 0 bridgehead atoms. The number of hydrogen-bond donors (Lipinski definition) is 1. The summed E-state index contributed by atoms with van der Waals surface area (Å²) in [7, 11) is 2.12.